The third-order valence-corrected chi connectivity index (χ3v) is 4.35. The standard InChI is InChI=1S/C18H29N3O6S/c1-4-26-15(23)6-5-14(22)20-18(28)21-9-8-19-17(25)13(21)11-16(24)27-10-7-12(2)3/h12-13H,4-11H2,1-3H3,(H,19,25)(H,20,22,28). The number of nitrogens with one attached hydrogen (secondary N) is 2. The van der Waals surface area contributed by atoms with E-state index in [0.717, 1.165) is 6.42 Å². The lowest BCUT2D eigenvalue weighted by molar-refractivity contribution is -0.147. The Hall–Kier alpha value is -2.23. The number of piperazine rings is 1. The van der Waals surface area contributed by atoms with Crippen molar-refractivity contribution in [2.45, 2.75) is 52.5 Å². The van der Waals surface area contributed by atoms with E-state index in [-0.39, 0.29) is 36.9 Å². The van der Waals surface area contributed by atoms with Crippen LogP contribution in [0, 0.1) is 5.92 Å². The molecule has 158 valence electrons. The van der Waals surface area contributed by atoms with Gasteiger partial charge < -0.3 is 25.0 Å². The van der Waals surface area contributed by atoms with Gasteiger partial charge in [0, 0.05) is 19.5 Å². The first-order valence-corrected chi connectivity index (χ1v) is 9.84. The maximum Gasteiger partial charge on any atom is 0.308 e. The van der Waals surface area contributed by atoms with Gasteiger partial charge in [-0.3, -0.25) is 19.2 Å². The molecule has 1 aliphatic rings. The van der Waals surface area contributed by atoms with Crippen LogP contribution < -0.4 is 10.6 Å². The molecule has 1 rings (SSSR count). The number of carbonyl (C=O) groups excluding carboxylic acids is 4. The Morgan fingerprint density at radius 2 is 1.96 bits per heavy atom. The molecule has 1 saturated heterocycles. The van der Waals surface area contributed by atoms with Crippen LogP contribution in [0.1, 0.15) is 46.5 Å². The molecule has 28 heavy (non-hydrogen) atoms. The van der Waals surface area contributed by atoms with Crippen molar-refractivity contribution >= 4 is 41.1 Å². The highest BCUT2D eigenvalue weighted by Crippen LogP contribution is 2.11. The molecule has 0 aliphatic carbocycles. The predicted octanol–water partition coefficient (Wildman–Crippen LogP) is 0.511. The van der Waals surface area contributed by atoms with Crippen molar-refractivity contribution in [3.63, 3.8) is 0 Å². The van der Waals surface area contributed by atoms with Gasteiger partial charge in [0.25, 0.3) is 0 Å². The summed E-state index contributed by atoms with van der Waals surface area (Å²) in [7, 11) is 0. The summed E-state index contributed by atoms with van der Waals surface area (Å²) in [5, 5.41) is 5.23. The van der Waals surface area contributed by atoms with Crippen LogP contribution in [0.15, 0.2) is 0 Å². The number of amides is 2. The molecular weight excluding hydrogens is 386 g/mol. The first kappa shape index (κ1) is 23.8. The van der Waals surface area contributed by atoms with Crippen molar-refractivity contribution in [1.82, 2.24) is 15.5 Å². The van der Waals surface area contributed by atoms with Crippen LogP contribution in [0.25, 0.3) is 0 Å². The van der Waals surface area contributed by atoms with Crippen molar-refractivity contribution in [3.05, 3.63) is 0 Å². The molecule has 1 atom stereocenters. The second kappa shape index (κ2) is 12.3. The normalized spacial score (nSPS) is 16.4. The van der Waals surface area contributed by atoms with Gasteiger partial charge in [-0.2, -0.15) is 0 Å². The molecular formula is C18H29N3O6S. The molecule has 1 heterocycles. The topological polar surface area (TPSA) is 114 Å². The van der Waals surface area contributed by atoms with Gasteiger partial charge in [-0.15, -0.1) is 0 Å². The minimum atomic E-state index is -0.849. The van der Waals surface area contributed by atoms with E-state index >= 15 is 0 Å². The summed E-state index contributed by atoms with van der Waals surface area (Å²) in [4.78, 5) is 49.1. The molecule has 0 aromatic rings. The number of nitrogens with zero attached hydrogens (tertiary/aromatic N) is 1. The van der Waals surface area contributed by atoms with Gasteiger partial charge >= 0.3 is 11.9 Å². The largest absolute Gasteiger partial charge is 0.466 e. The number of ether oxygens (including phenoxy) is 2. The summed E-state index contributed by atoms with van der Waals surface area (Å²) in [5.41, 5.74) is 0. The molecule has 2 amide bonds. The van der Waals surface area contributed by atoms with Crippen LogP contribution in [0.2, 0.25) is 0 Å². The lowest BCUT2D eigenvalue weighted by Crippen LogP contribution is -2.60. The molecule has 1 unspecified atom stereocenters. The monoisotopic (exact) mass is 415 g/mol. The molecule has 9 nitrogen and oxygen atoms in total. The van der Waals surface area contributed by atoms with Gasteiger partial charge in [0.05, 0.1) is 26.1 Å². The van der Waals surface area contributed by atoms with Gasteiger partial charge in [-0.05, 0) is 31.5 Å². The second-order valence-electron chi connectivity index (χ2n) is 6.77. The smallest absolute Gasteiger partial charge is 0.308 e. The summed E-state index contributed by atoms with van der Waals surface area (Å²) in [6, 6.07) is -0.849. The Morgan fingerprint density at radius 3 is 2.61 bits per heavy atom. The number of thiocarbonyl (C=S) groups is 1. The maximum atomic E-state index is 12.2. The molecule has 0 bridgehead atoms. The highest BCUT2D eigenvalue weighted by Gasteiger charge is 2.34. The fourth-order valence-electron chi connectivity index (χ4n) is 2.49. The van der Waals surface area contributed by atoms with Gasteiger partial charge in [0.2, 0.25) is 11.8 Å². The van der Waals surface area contributed by atoms with Gasteiger partial charge in [0.15, 0.2) is 5.11 Å². The number of hydrogen-bond acceptors (Lipinski definition) is 7. The summed E-state index contributed by atoms with van der Waals surface area (Å²) in [5.74, 6) is -1.37. The van der Waals surface area contributed by atoms with Crippen molar-refractivity contribution in [2.75, 3.05) is 26.3 Å². The molecule has 0 aromatic carbocycles. The minimum Gasteiger partial charge on any atom is -0.466 e. The van der Waals surface area contributed by atoms with E-state index in [4.69, 9.17) is 21.7 Å². The third kappa shape index (κ3) is 8.64. The first-order valence-electron chi connectivity index (χ1n) is 9.44. The van der Waals surface area contributed by atoms with E-state index in [9.17, 15) is 19.2 Å². The first-order chi connectivity index (χ1) is 13.2. The number of hydrogen-bond donors (Lipinski definition) is 2. The zero-order valence-electron chi connectivity index (χ0n) is 16.6. The van der Waals surface area contributed by atoms with E-state index in [1.807, 2.05) is 13.8 Å². The minimum absolute atomic E-state index is 0.0451. The highest BCUT2D eigenvalue weighted by atomic mass is 32.1. The molecule has 0 radical (unpaired) electrons. The molecule has 0 saturated carbocycles. The van der Waals surface area contributed by atoms with Crippen molar-refractivity contribution in [1.29, 1.82) is 0 Å². The predicted molar refractivity (Wildman–Crippen MR) is 105 cm³/mol. The van der Waals surface area contributed by atoms with Crippen LogP contribution in [0.4, 0.5) is 0 Å². The van der Waals surface area contributed by atoms with Crippen molar-refractivity contribution < 1.29 is 28.7 Å². The van der Waals surface area contributed by atoms with Crippen molar-refractivity contribution in [3.8, 4) is 0 Å². The Balaban J connectivity index is 2.57. The zero-order valence-corrected chi connectivity index (χ0v) is 17.4. The Bertz CT molecular complexity index is 596. The molecule has 0 aromatic heterocycles. The molecule has 1 fully saturated rings. The van der Waals surface area contributed by atoms with Gasteiger partial charge in [-0.1, -0.05) is 13.8 Å². The number of rotatable bonds is 9. The fourth-order valence-corrected chi connectivity index (χ4v) is 2.82. The summed E-state index contributed by atoms with van der Waals surface area (Å²) < 4.78 is 9.94. The second-order valence-corrected chi connectivity index (χ2v) is 7.15. The summed E-state index contributed by atoms with van der Waals surface area (Å²) in [6.45, 7) is 6.96. The fraction of sp³-hybridized carbons (Fsp3) is 0.722. The lowest BCUT2D eigenvalue weighted by Gasteiger charge is -2.36. The van der Waals surface area contributed by atoms with Crippen LogP contribution >= 0.6 is 12.2 Å². The van der Waals surface area contributed by atoms with Crippen molar-refractivity contribution in [2.24, 2.45) is 5.92 Å². The zero-order chi connectivity index (χ0) is 21.1. The molecule has 1 aliphatic heterocycles. The Labute approximate surface area is 170 Å². The van der Waals surface area contributed by atoms with E-state index in [1.54, 1.807) is 6.92 Å². The summed E-state index contributed by atoms with van der Waals surface area (Å²) in [6.07, 6.45) is 0.430. The average molecular weight is 416 g/mol. The van der Waals surface area contributed by atoms with Crippen LogP contribution in [-0.4, -0.2) is 66.1 Å². The van der Waals surface area contributed by atoms with Crippen LogP contribution in [-0.2, 0) is 28.7 Å². The number of esters is 2. The van der Waals surface area contributed by atoms with E-state index in [0.29, 0.717) is 25.6 Å². The third-order valence-electron chi connectivity index (χ3n) is 4.02. The average Bonchev–Trinajstić information content (AvgIpc) is 2.61. The van der Waals surface area contributed by atoms with Crippen LogP contribution in [0.3, 0.4) is 0 Å². The summed E-state index contributed by atoms with van der Waals surface area (Å²) >= 11 is 5.23. The number of carbonyl (C=O) groups is 4. The van der Waals surface area contributed by atoms with E-state index in [2.05, 4.69) is 10.6 Å². The molecule has 0 spiro atoms. The lowest BCUT2D eigenvalue weighted by atomic mass is 10.1. The highest BCUT2D eigenvalue weighted by molar-refractivity contribution is 7.80. The SMILES string of the molecule is CCOC(=O)CCC(=O)NC(=S)N1CCNC(=O)C1CC(=O)OCCC(C)C. The molecule has 10 heteroatoms. The quantitative estimate of drug-likeness (QED) is 0.414. The maximum absolute atomic E-state index is 12.2. The van der Waals surface area contributed by atoms with Crippen LogP contribution in [0.5, 0.6) is 0 Å². The van der Waals surface area contributed by atoms with E-state index in [1.165, 1.54) is 4.90 Å². The van der Waals surface area contributed by atoms with Gasteiger partial charge in [-0.25, -0.2) is 0 Å². The Kier molecular flexibility index (Phi) is 10.4. The van der Waals surface area contributed by atoms with E-state index < -0.39 is 23.9 Å². The van der Waals surface area contributed by atoms with Gasteiger partial charge in [0.1, 0.15) is 6.04 Å². The Morgan fingerprint density at radius 1 is 1.25 bits per heavy atom. The molecule has 2 N–H and O–H groups in total.